The molecule has 0 atom stereocenters. The van der Waals surface area contributed by atoms with Gasteiger partial charge in [0.1, 0.15) is 0 Å². The SMILES string of the molecule is CCCCCCCC(CCCCCCC)OP(O)(O)=S. The van der Waals surface area contributed by atoms with Gasteiger partial charge in [-0.05, 0) is 24.6 Å². The van der Waals surface area contributed by atoms with Crippen molar-refractivity contribution in [2.75, 3.05) is 0 Å². The highest BCUT2D eigenvalue weighted by Gasteiger charge is 2.17. The number of hydrogen-bond acceptors (Lipinski definition) is 2. The van der Waals surface area contributed by atoms with Crippen molar-refractivity contribution in [3.05, 3.63) is 0 Å². The first-order valence-corrected chi connectivity index (χ1v) is 10.9. The average molecular weight is 324 g/mol. The van der Waals surface area contributed by atoms with Gasteiger partial charge in [-0.1, -0.05) is 78.1 Å². The minimum Gasteiger partial charge on any atom is -0.325 e. The van der Waals surface area contributed by atoms with Gasteiger partial charge in [0.2, 0.25) is 0 Å². The van der Waals surface area contributed by atoms with Crippen LogP contribution in [0.2, 0.25) is 0 Å². The van der Waals surface area contributed by atoms with E-state index in [1.807, 2.05) is 0 Å². The second-order valence-corrected chi connectivity index (χ2v) is 8.24. The molecule has 0 aromatic rings. The second-order valence-electron chi connectivity index (χ2n) is 5.62. The molecule has 0 heterocycles. The maximum absolute atomic E-state index is 9.33. The first kappa shape index (κ1) is 20.5. The van der Waals surface area contributed by atoms with E-state index in [9.17, 15) is 9.79 Å². The molecule has 0 amide bonds. The van der Waals surface area contributed by atoms with Crippen LogP contribution in [0.4, 0.5) is 0 Å². The molecule has 2 N–H and O–H groups in total. The third-order valence-electron chi connectivity index (χ3n) is 3.55. The van der Waals surface area contributed by atoms with Gasteiger partial charge < -0.3 is 14.3 Å². The summed E-state index contributed by atoms with van der Waals surface area (Å²) >= 11 is 4.60. The minimum atomic E-state index is -3.51. The highest BCUT2D eigenvalue weighted by molar-refractivity contribution is 8.06. The van der Waals surface area contributed by atoms with Crippen LogP contribution in [0.3, 0.4) is 0 Å². The van der Waals surface area contributed by atoms with E-state index in [2.05, 4.69) is 25.7 Å². The zero-order valence-electron chi connectivity index (χ0n) is 13.2. The molecule has 3 nitrogen and oxygen atoms in total. The summed E-state index contributed by atoms with van der Waals surface area (Å²) in [7, 11) is 0. The monoisotopic (exact) mass is 324 g/mol. The van der Waals surface area contributed by atoms with Crippen molar-refractivity contribution < 1.29 is 14.3 Å². The highest BCUT2D eigenvalue weighted by atomic mass is 32.5. The Balaban J connectivity index is 3.86. The molecule has 0 aliphatic rings. The quantitative estimate of drug-likeness (QED) is 0.336. The lowest BCUT2D eigenvalue weighted by Gasteiger charge is -2.20. The van der Waals surface area contributed by atoms with Crippen LogP contribution in [0.5, 0.6) is 0 Å². The van der Waals surface area contributed by atoms with Gasteiger partial charge in [-0.15, -0.1) is 0 Å². The normalized spacial score (nSPS) is 12.2. The van der Waals surface area contributed by atoms with Crippen molar-refractivity contribution >= 4 is 18.5 Å². The van der Waals surface area contributed by atoms with E-state index in [4.69, 9.17) is 4.52 Å². The first-order chi connectivity index (χ1) is 9.49. The van der Waals surface area contributed by atoms with Gasteiger partial charge in [0.05, 0.1) is 6.10 Å². The van der Waals surface area contributed by atoms with Gasteiger partial charge in [-0.3, -0.25) is 0 Å². The predicted molar refractivity (Wildman–Crippen MR) is 90.3 cm³/mol. The molecular formula is C15H33O3PS. The highest BCUT2D eigenvalue weighted by Crippen LogP contribution is 2.40. The van der Waals surface area contributed by atoms with Crippen LogP contribution < -0.4 is 0 Å². The summed E-state index contributed by atoms with van der Waals surface area (Å²) in [5.41, 5.74) is 0. The maximum Gasteiger partial charge on any atom is 0.322 e. The molecule has 5 heteroatoms. The molecule has 0 aliphatic heterocycles. The molecule has 0 unspecified atom stereocenters. The zero-order valence-corrected chi connectivity index (χ0v) is 14.9. The molecule has 0 rings (SSSR count). The van der Waals surface area contributed by atoms with Crippen molar-refractivity contribution in [2.45, 2.75) is 97.0 Å². The van der Waals surface area contributed by atoms with Gasteiger partial charge in [-0.25, -0.2) is 0 Å². The predicted octanol–water partition coefficient (Wildman–Crippen LogP) is 5.30. The molecule has 0 radical (unpaired) electrons. The van der Waals surface area contributed by atoms with Crippen LogP contribution in [0.1, 0.15) is 90.9 Å². The van der Waals surface area contributed by atoms with Crippen molar-refractivity contribution in [2.24, 2.45) is 0 Å². The molecule has 0 aliphatic carbocycles. The van der Waals surface area contributed by atoms with Crippen LogP contribution in [0, 0.1) is 0 Å². The van der Waals surface area contributed by atoms with E-state index < -0.39 is 6.72 Å². The number of unbranched alkanes of at least 4 members (excludes halogenated alkanes) is 8. The second kappa shape index (κ2) is 13.2. The van der Waals surface area contributed by atoms with Gasteiger partial charge in [0.25, 0.3) is 0 Å². The molecule has 0 saturated carbocycles. The number of hydrogen-bond donors (Lipinski definition) is 2. The summed E-state index contributed by atoms with van der Waals surface area (Å²) in [6.45, 7) is 0.897. The Kier molecular flexibility index (Phi) is 13.6. The molecule has 0 spiro atoms. The van der Waals surface area contributed by atoms with E-state index in [1.54, 1.807) is 0 Å². The van der Waals surface area contributed by atoms with E-state index in [0.29, 0.717) is 0 Å². The molecule has 0 fully saturated rings. The van der Waals surface area contributed by atoms with E-state index in [-0.39, 0.29) is 6.10 Å². The summed E-state index contributed by atoms with van der Waals surface area (Å²) in [6, 6.07) is 0. The van der Waals surface area contributed by atoms with Crippen LogP contribution in [0.25, 0.3) is 0 Å². The fourth-order valence-corrected chi connectivity index (χ4v) is 3.36. The lowest BCUT2D eigenvalue weighted by atomic mass is 10.0. The molecule has 0 aromatic carbocycles. The Hall–Kier alpha value is 0.530. The van der Waals surface area contributed by atoms with Gasteiger partial charge >= 0.3 is 6.72 Å². The summed E-state index contributed by atoms with van der Waals surface area (Å²) in [5, 5.41) is 0. The first-order valence-electron chi connectivity index (χ1n) is 8.23. The largest absolute Gasteiger partial charge is 0.325 e. The Morgan fingerprint density at radius 1 is 0.800 bits per heavy atom. The van der Waals surface area contributed by atoms with Gasteiger partial charge in [0.15, 0.2) is 0 Å². The number of rotatable bonds is 14. The lowest BCUT2D eigenvalue weighted by Crippen LogP contribution is -2.11. The molecule has 122 valence electrons. The smallest absolute Gasteiger partial charge is 0.322 e. The molecule has 0 aromatic heterocycles. The Labute approximate surface area is 130 Å². The van der Waals surface area contributed by atoms with E-state index in [0.717, 1.165) is 25.7 Å². The summed E-state index contributed by atoms with van der Waals surface area (Å²) in [4.78, 5) is 18.7. The van der Waals surface area contributed by atoms with Crippen LogP contribution in [-0.4, -0.2) is 15.9 Å². The Morgan fingerprint density at radius 2 is 1.20 bits per heavy atom. The van der Waals surface area contributed by atoms with Crippen LogP contribution >= 0.6 is 6.72 Å². The summed E-state index contributed by atoms with van der Waals surface area (Å²) in [5.74, 6) is 0. The summed E-state index contributed by atoms with van der Waals surface area (Å²) in [6.07, 6.45) is 13.9. The molecule has 20 heavy (non-hydrogen) atoms. The van der Waals surface area contributed by atoms with Gasteiger partial charge in [0, 0.05) is 0 Å². The Bertz CT molecular complexity index is 242. The van der Waals surface area contributed by atoms with Crippen molar-refractivity contribution in [1.82, 2.24) is 0 Å². The average Bonchev–Trinajstić information content (AvgIpc) is 2.36. The minimum absolute atomic E-state index is 0.0703. The summed E-state index contributed by atoms with van der Waals surface area (Å²) < 4.78 is 5.29. The van der Waals surface area contributed by atoms with Crippen LogP contribution in [0.15, 0.2) is 0 Å². The van der Waals surface area contributed by atoms with Crippen molar-refractivity contribution in [1.29, 1.82) is 0 Å². The maximum atomic E-state index is 9.33. The topological polar surface area (TPSA) is 49.7 Å². The van der Waals surface area contributed by atoms with E-state index >= 15 is 0 Å². The third-order valence-corrected chi connectivity index (χ3v) is 4.38. The fraction of sp³-hybridized carbons (Fsp3) is 1.00. The van der Waals surface area contributed by atoms with Crippen molar-refractivity contribution in [3.8, 4) is 0 Å². The lowest BCUT2D eigenvalue weighted by molar-refractivity contribution is 0.145. The third kappa shape index (κ3) is 14.9. The molecule has 0 bridgehead atoms. The standard InChI is InChI=1S/C15H33O3PS/c1-3-5-7-9-11-13-15(18-19(16,17)20)14-12-10-8-6-4-2/h15H,3-14H2,1-2H3,(H2,16,17,20). The van der Waals surface area contributed by atoms with E-state index in [1.165, 1.54) is 51.4 Å². The zero-order chi connectivity index (χ0) is 15.3. The molecular weight excluding hydrogens is 291 g/mol. The van der Waals surface area contributed by atoms with Crippen molar-refractivity contribution in [3.63, 3.8) is 0 Å². The van der Waals surface area contributed by atoms with Crippen LogP contribution in [-0.2, 0) is 16.3 Å². The Morgan fingerprint density at radius 3 is 1.55 bits per heavy atom. The fourth-order valence-electron chi connectivity index (χ4n) is 2.40. The van der Waals surface area contributed by atoms with Gasteiger partial charge in [-0.2, -0.15) is 0 Å². The molecule has 0 saturated heterocycles.